The van der Waals surface area contributed by atoms with Gasteiger partial charge < -0.3 is 0 Å². The van der Waals surface area contributed by atoms with E-state index in [1.165, 1.54) is 23.5 Å². The van der Waals surface area contributed by atoms with Crippen molar-refractivity contribution in [3.63, 3.8) is 0 Å². The number of hydrogen-bond acceptors (Lipinski definition) is 7. The molecular weight excluding hydrogens is 292 g/mol. The Kier molecular flexibility index (Phi) is 3.60. The molecule has 0 atom stereocenters. The second-order valence-electron chi connectivity index (χ2n) is 3.19. The Balaban J connectivity index is 2.24. The zero-order chi connectivity index (χ0) is 13.2. The molecule has 0 aliphatic carbocycles. The summed E-state index contributed by atoms with van der Waals surface area (Å²) in [5, 5.41) is 17.2. The first kappa shape index (κ1) is 12.9. The predicted molar refractivity (Wildman–Crippen MR) is 69.1 cm³/mol. The molecule has 0 aliphatic heterocycles. The minimum atomic E-state index is -3.67. The molecule has 18 heavy (non-hydrogen) atoms. The maximum atomic E-state index is 12.0. The third-order valence-corrected chi connectivity index (χ3v) is 5.88. The van der Waals surface area contributed by atoms with E-state index in [-0.39, 0.29) is 9.34 Å². The van der Waals surface area contributed by atoms with E-state index in [2.05, 4.69) is 14.9 Å². The molecule has 0 saturated heterocycles. The number of nitrogens with one attached hydrogen (secondary N) is 1. The number of nitrogens with zero attached hydrogens (tertiary/aromatic N) is 3. The molecule has 0 aromatic carbocycles. The Morgan fingerprint density at radius 1 is 1.39 bits per heavy atom. The van der Waals surface area contributed by atoms with Gasteiger partial charge in [-0.05, 0) is 18.6 Å². The highest BCUT2D eigenvalue weighted by Crippen LogP contribution is 2.24. The predicted octanol–water partition coefficient (Wildman–Crippen LogP) is 1.83. The van der Waals surface area contributed by atoms with Crippen molar-refractivity contribution in [1.29, 1.82) is 5.26 Å². The zero-order valence-corrected chi connectivity index (χ0v) is 11.7. The summed E-state index contributed by atoms with van der Waals surface area (Å²) >= 11 is 2.11. The van der Waals surface area contributed by atoms with Gasteiger partial charge in [-0.3, -0.25) is 4.72 Å². The normalized spacial score (nSPS) is 11.1. The lowest BCUT2D eigenvalue weighted by Crippen LogP contribution is -2.11. The molecule has 2 rings (SSSR count). The summed E-state index contributed by atoms with van der Waals surface area (Å²) in [6, 6.07) is 4.76. The number of hydrogen-bond donors (Lipinski definition) is 1. The van der Waals surface area contributed by atoms with Crippen LogP contribution in [-0.2, 0) is 16.4 Å². The first-order chi connectivity index (χ1) is 8.55. The third kappa shape index (κ3) is 2.66. The molecule has 2 aromatic rings. The van der Waals surface area contributed by atoms with Crippen LogP contribution in [0.25, 0.3) is 0 Å². The molecule has 2 heterocycles. The van der Waals surface area contributed by atoms with Gasteiger partial charge >= 0.3 is 0 Å². The van der Waals surface area contributed by atoms with Crippen LogP contribution in [0.5, 0.6) is 0 Å². The monoisotopic (exact) mass is 300 g/mol. The van der Waals surface area contributed by atoms with E-state index in [0.29, 0.717) is 11.3 Å². The van der Waals surface area contributed by atoms with Gasteiger partial charge in [0.2, 0.25) is 5.13 Å². The number of rotatable bonds is 4. The zero-order valence-electron chi connectivity index (χ0n) is 9.24. The summed E-state index contributed by atoms with van der Waals surface area (Å²) in [6.45, 7) is 1.91. The van der Waals surface area contributed by atoms with Gasteiger partial charge in [0.1, 0.15) is 20.2 Å². The van der Waals surface area contributed by atoms with Crippen molar-refractivity contribution < 1.29 is 8.42 Å². The summed E-state index contributed by atoms with van der Waals surface area (Å²) < 4.78 is 26.3. The molecule has 9 heteroatoms. The van der Waals surface area contributed by atoms with Crippen molar-refractivity contribution in [3.05, 3.63) is 22.0 Å². The molecule has 0 radical (unpaired) electrons. The first-order valence-electron chi connectivity index (χ1n) is 4.90. The fraction of sp³-hybridized carbons (Fsp3) is 0.222. The number of nitriles is 1. The first-order valence-corrected chi connectivity index (χ1v) is 8.02. The number of aryl methyl sites for hydroxylation is 1. The topological polar surface area (TPSA) is 95.7 Å². The Hall–Kier alpha value is -1.50. The van der Waals surface area contributed by atoms with Crippen molar-refractivity contribution in [2.24, 2.45) is 0 Å². The smallest absolute Gasteiger partial charge is 0.253 e. The van der Waals surface area contributed by atoms with E-state index in [1.54, 1.807) is 0 Å². The summed E-state index contributed by atoms with van der Waals surface area (Å²) in [6.07, 6.45) is 0.705. The van der Waals surface area contributed by atoms with E-state index < -0.39 is 10.0 Å². The van der Waals surface area contributed by atoms with Gasteiger partial charge in [0.25, 0.3) is 10.0 Å². The second-order valence-corrected chi connectivity index (χ2v) is 7.25. The molecule has 0 spiro atoms. The van der Waals surface area contributed by atoms with Crippen LogP contribution in [0.15, 0.2) is 16.3 Å². The van der Waals surface area contributed by atoms with E-state index >= 15 is 0 Å². The number of sulfonamides is 1. The molecule has 0 saturated carbocycles. The van der Waals surface area contributed by atoms with Crippen LogP contribution in [0.2, 0.25) is 0 Å². The average Bonchev–Trinajstić information content (AvgIpc) is 2.96. The molecule has 0 fully saturated rings. The summed E-state index contributed by atoms with van der Waals surface area (Å²) in [5.74, 6) is 0. The molecule has 0 bridgehead atoms. The Bertz CT molecular complexity index is 695. The highest BCUT2D eigenvalue weighted by molar-refractivity contribution is 7.94. The highest BCUT2D eigenvalue weighted by Gasteiger charge is 2.19. The van der Waals surface area contributed by atoms with E-state index in [9.17, 15) is 8.42 Å². The Morgan fingerprint density at radius 2 is 2.17 bits per heavy atom. The molecular formula is C9H8N4O2S3. The SMILES string of the molecule is CCc1nnc(NS(=O)(=O)c2ccc(C#N)s2)s1. The van der Waals surface area contributed by atoms with Gasteiger partial charge in [-0.1, -0.05) is 18.3 Å². The van der Waals surface area contributed by atoms with Crippen LogP contribution in [-0.4, -0.2) is 18.6 Å². The van der Waals surface area contributed by atoms with Gasteiger partial charge in [0.05, 0.1) is 0 Å². The van der Waals surface area contributed by atoms with Gasteiger partial charge in [0.15, 0.2) is 0 Å². The van der Waals surface area contributed by atoms with Gasteiger partial charge in [-0.25, -0.2) is 8.42 Å². The second kappa shape index (κ2) is 5.01. The largest absolute Gasteiger partial charge is 0.273 e. The number of thiophene rings is 1. The maximum absolute atomic E-state index is 12.0. The van der Waals surface area contributed by atoms with Crippen LogP contribution >= 0.6 is 22.7 Å². The van der Waals surface area contributed by atoms with E-state index in [4.69, 9.17) is 5.26 Å². The molecule has 6 nitrogen and oxygen atoms in total. The summed E-state index contributed by atoms with van der Waals surface area (Å²) in [5.41, 5.74) is 0. The van der Waals surface area contributed by atoms with Crippen LogP contribution in [0.4, 0.5) is 5.13 Å². The van der Waals surface area contributed by atoms with E-state index in [0.717, 1.165) is 16.3 Å². The molecule has 0 aliphatic rings. The number of anilines is 1. The van der Waals surface area contributed by atoms with Crippen molar-refractivity contribution in [3.8, 4) is 6.07 Å². The van der Waals surface area contributed by atoms with E-state index in [1.807, 2.05) is 13.0 Å². The third-order valence-electron chi connectivity index (χ3n) is 1.95. The average molecular weight is 300 g/mol. The fourth-order valence-electron chi connectivity index (χ4n) is 1.13. The number of aromatic nitrogens is 2. The van der Waals surface area contributed by atoms with Gasteiger partial charge in [-0.2, -0.15) is 5.26 Å². The summed E-state index contributed by atoms with van der Waals surface area (Å²) in [4.78, 5) is 0.349. The minimum Gasteiger partial charge on any atom is -0.253 e. The van der Waals surface area contributed by atoms with Gasteiger partial charge in [-0.15, -0.1) is 21.5 Å². The fourth-order valence-corrected chi connectivity index (χ4v) is 4.14. The van der Waals surface area contributed by atoms with Crippen molar-refractivity contribution in [2.45, 2.75) is 17.6 Å². The molecule has 2 aromatic heterocycles. The molecule has 94 valence electrons. The molecule has 1 N–H and O–H groups in total. The maximum Gasteiger partial charge on any atom is 0.273 e. The van der Waals surface area contributed by atoms with Crippen LogP contribution in [0.1, 0.15) is 16.8 Å². The lowest BCUT2D eigenvalue weighted by atomic mass is 10.5. The van der Waals surface area contributed by atoms with Crippen molar-refractivity contribution in [1.82, 2.24) is 10.2 Å². The molecule has 0 amide bonds. The van der Waals surface area contributed by atoms with Crippen LogP contribution < -0.4 is 4.72 Å². The van der Waals surface area contributed by atoms with Gasteiger partial charge in [0, 0.05) is 0 Å². The lowest BCUT2D eigenvalue weighted by Gasteiger charge is -2.00. The minimum absolute atomic E-state index is 0.0901. The quantitative estimate of drug-likeness (QED) is 0.929. The van der Waals surface area contributed by atoms with Crippen LogP contribution in [0.3, 0.4) is 0 Å². The Labute approximate surface area is 112 Å². The van der Waals surface area contributed by atoms with Crippen LogP contribution in [0, 0.1) is 11.3 Å². The summed E-state index contributed by atoms with van der Waals surface area (Å²) in [7, 11) is -3.67. The Morgan fingerprint density at radius 3 is 2.72 bits per heavy atom. The highest BCUT2D eigenvalue weighted by atomic mass is 32.2. The standard InChI is InChI=1S/C9H8N4O2S3/c1-2-7-11-12-9(17-7)13-18(14,15)8-4-3-6(5-10)16-8/h3-4H,2H2,1H3,(H,12,13). The van der Waals surface area contributed by atoms with Crippen molar-refractivity contribution in [2.75, 3.05) is 4.72 Å². The van der Waals surface area contributed by atoms with Crippen molar-refractivity contribution >= 4 is 37.8 Å². The molecule has 0 unspecified atom stereocenters. The lowest BCUT2D eigenvalue weighted by molar-refractivity contribution is 0.603.